The minimum atomic E-state index is 0.0359. The van der Waals surface area contributed by atoms with Gasteiger partial charge >= 0.3 is 0 Å². The molecule has 92 valence electrons. The van der Waals surface area contributed by atoms with Crippen LogP contribution in [0, 0.1) is 5.41 Å². The van der Waals surface area contributed by atoms with E-state index in [1.165, 1.54) is 0 Å². The van der Waals surface area contributed by atoms with Crippen molar-refractivity contribution in [2.75, 3.05) is 20.1 Å². The smallest absolute Gasteiger partial charge is 0.221 e. The predicted molar refractivity (Wildman–Crippen MR) is 61.2 cm³/mol. The van der Waals surface area contributed by atoms with E-state index in [-0.39, 0.29) is 17.2 Å². The summed E-state index contributed by atoms with van der Waals surface area (Å²) < 4.78 is 0. The van der Waals surface area contributed by atoms with Gasteiger partial charge in [-0.3, -0.25) is 4.79 Å². The van der Waals surface area contributed by atoms with Gasteiger partial charge < -0.3 is 21.6 Å². The quantitative estimate of drug-likeness (QED) is 0.157. The number of hydrogen-bond donors (Lipinski definition) is 4. The molecule has 0 heterocycles. The van der Waals surface area contributed by atoms with Gasteiger partial charge in [-0.2, -0.15) is 0 Å². The van der Waals surface area contributed by atoms with Gasteiger partial charge in [0, 0.05) is 33.0 Å². The van der Waals surface area contributed by atoms with Crippen LogP contribution in [-0.4, -0.2) is 37.1 Å². The Morgan fingerprint density at radius 1 is 1.56 bits per heavy atom. The molecule has 1 aliphatic carbocycles. The van der Waals surface area contributed by atoms with Crippen LogP contribution in [0.15, 0.2) is 5.16 Å². The molecule has 0 atom stereocenters. The molecule has 1 aliphatic rings. The van der Waals surface area contributed by atoms with Crippen molar-refractivity contribution < 1.29 is 10.0 Å². The van der Waals surface area contributed by atoms with E-state index in [0.717, 1.165) is 19.4 Å². The maximum atomic E-state index is 11.0. The lowest BCUT2D eigenvalue weighted by molar-refractivity contribution is -0.120. The Labute approximate surface area is 95.3 Å². The van der Waals surface area contributed by atoms with Gasteiger partial charge in [-0.1, -0.05) is 5.16 Å². The van der Waals surface area contributed by atoms with E-state index in [2.05, 4.69) is 15.8 Å². The number of hydrogen-bond acceptors (Lipinski definition) is 4. The van der Waals surface area contributed by atoms with Crippen molar-refractivity contribution in [3.8, 4) is 0 Å². The summed E-state index contributed by atoms with van der Waals surface area (Å²) >= 11 is 0. The number of nitrogens with one attached hydrogen (secondary N) is 2. The second-order valence-corrected chi connectivity index (χ2v) is 4.37. The maximum absolute atomic E-state index is 11.0. The van der Waals surface area contributed by atoms with Crippen LogP contribution < -0.4 is 16.4 Å². The zero-order valence-corrected chi connectivity index (χ0v) is 9.62. The van der Waals surface area contributed by atoms with E-state index in [0.29, 0.717) is 19.4 Å². The zero-order valence-electron chi connectivity index (χ0n) is 9.62. The van der Waals surface area contributed by atoms with Crippen LogP contribution in [0.4, 0.5) is 0 Å². The molecule has 1 fully saturated rings. The maximum Gasteiger partial charge on any atom is 0.221 e. The summed E-state index contributed by atoms with van der Waals surface area (Å²) in [4.78, 5) is 11.0. The van der Waals surface area contributed by atoms with Gasteiger partial charge in [-0.05, 0) is 18.3 Å². The van der Waals surface area contributed by atoms with Crippen molar-refractivity contribution in [2.45, 2.75) is 25.7 Å². The number of oxime groups is 1. The SMILES string of the molecule is CNC(=O)CCNCC1(CC(N)=NO)CC1. The number of amidine groups is 1. The third-order valence-electron chi connectivity index (χ3n) is 2.95. The molecule has 0 aromatic rings. The summed E-state index contributed by atoms with van der Waals surface area (Å²) in [5.41, 5.74) is 5.63. The van der Waals surface area contributed by atoms with Crippen molar-refractivity contribution >= 4 is 11.7 Å². The van der Waals surface area contributed by atoms with Crippen LogP contribution in [0.25, 0.3) is 0 Å². The lowest BCUT2D eigenvalue weighted by Gasteiger charge is -2.14. The number of nitrogens with zero attached hydrogens (tertiary/aromatic N) is 1. The normalized spacial score (nSPS) is 18.2. The third kappa shape index (κ3) is 4.06. The molecule has 1 saturated carbocycles. The molecule has 1 amide bonds. The summed E-state index contributed by atoms with van der Waals surface area (Å²) in [5.74, 6) is 0.319. The van der Waals surface area contributed by atoms with Crippen molar-refractivity contribution in [2.24, 2.45) is 16.3 Å². The largest absolute Gasteiger partial charge is 0.409 e. The molecule has 0 saturated heterocycles. The van der Waals surface area contributed by atoms with Crippen LogP contribution in [0.2, 0.25) is 0 Å². The fourth-order valence-electron chi connectivity index (χ4n) is 1.69. The van der Waals surface area contributed by atoms with Crippen molar-refractivity contribution in [1.82, 2.24) is 10.6 Å². The average Bonchev–Trinajstić information content (AvgIpc) is 3.04. The highest BCUT2D eigenvalue weighted by atomic mass is 16.4. The summed E-state index contributed by atoms with van der Waals surface area (Å²) in [6, 6.07) is 0. The Kier molecular flexibility index (Phi) is 4.54. The van der Waals surface area contributed by atoms with Gasteiger partial charge in [0.25, 0.3) is 0 Å². The second-order valence-electron chi connectivity index (χ2n) is 4.37. The van der Waals surface area contributed by atoms with Gasteiger partial charge in [0.05, 0.1) is 0 Å². The molecular weight excluding hydrogens is 208 g/mol. The third-order valence-corrected chi connectivity index (χ3v) is 2.95. The summed E-state index contributed by atoms with van der Waals surface area (Å²) in [6.07, 6.45) is 3.29. The number of nitrogens with two attached hydrogens (primary N) is 1. The number of amides is 1. The Hall–Kier alpha value is -1.30. The highest BCUT2D eigenvalue weighted by molar-refractivity contribution is 5.80. The van der Waals surface area contributed by atoms with Crippen LogP contribution in [0.1, 0.15) is 25.7 Å². The molecule has 16 heavy (non-hydrogen) atoms. The topological polar surface area (TPSA) is 99.7 Å². The van der Waals surface area contributed by atoms with Gasteiger partial charge in [0.15, 0.2) is 0 Å². The summed E-state index contributed by atoms with van der Waals surface area (Å²) in [6.45, 7) is 1.48. The first-order chi connectivity index (χ1) is 7.62. The van der Waals surface area contributed by atoms with E-state index in [1.807, 2.05) is 0 Å². The standard InChI is InChI=1S/C10H20N4O2/c1-12-9(15)2-5-13-7-10(3-4-10)6-8(11)14-16/h13,16H,2-7H2,1H3,(H2,11,14)(H,12,15). The molecular formula is C10H20N4O2. The summed E-state index contributed by atoms with van der Waals surface area (Å²) in [5, 5.41) is 17.3. The van der Waals surface area contributed by atoms with E-state index in [4.69, 9.17) is 10.9 Å². The molecule has 0 aromatic heterocycles. The molecule has 0 aromatic carbocycles. The summed E-state index contributed by atoms with van der Waals surface area (Å²) in [7, 11) is 1.63. The van der Waals surface area contributed by atoms with Gasteiger partial charge in [-0.15, -0.1) is 0 Å². The lowest BCUT2D eigenvalue weighted by atomic mass is 10.0. The van der Waals surface area contributed by atoms with Gasteiger partial charge in [0.2, 0.25) is 5.91 Å². The first-order valence-corrected chi connectivity index (χ1v) is 5.49. The van der Waals surface area contributed by atoms with E-state index in [1.54, 1.807) is 7.05 Å². The highest BCUT2D eigenvalue weighted by Gasteiger charge is 2.42. The first kappa shape index (κ1) is 12.8. The van der Waals surface area contributed by atoms with E-state index in [9.17, 15) is 4.79 Å². The molecule has 0 bridgehead atoms. The van der Waals surface area contributed by atoms with Gasteiger partial charge in [0.1, 0.15) is 5.84 Å². The zero-order chi connectivity index (χ0) is 12.0. The van der Waals surface area contributed by atoms with Crippen molar-refractivity contribution in [1.29, 1.82) is 0 Å². The molecule has 6 heteroatoms. The van der Waals surface area contributed by atoms with Gasteiger partial charge in [-0.25, -0.2) is 0 Å². The fourth-order valence-corrected chi connectivity index (χ4v) is 1.69. The van der Waals surface area contributed by atoms with E-state index < -0.39 is 0 Å². The Bertz CT molecular complexity index is 274. The van der Waals surface area contributed by atoms with Crippen LogP contribution in [0.5, 0.6) is 0 Å². The highest BCUT2D eigenvalue weighted by Crippen LogP contribution is 2.48. The second kappa shape index (κ2) is 5.69. The molecule has 0 radical (unpaired) electrons. The number of carbonyl (C=O) groups excluding carboxylic acids is 1. The molecule has 6 nitrogen and oxygen atoms in total. The monoisotopic (exact) mass is 228 g/mol. The molecule has 0 unspecified atom stereocenters. The predicted octanol–water partition coefficient (Wildman–Crippen LogP) is -0.371. The molecule has 0 aliphatic heterocycles. The van der Waals surface area contributed by atoms with E-state index >= 15 is 0 Å². The lowest BCUT2D eigenvalue weighted by Crippen LogP contribution is -2.31. The number of rotatable bonds is 7. The Morgan fingerprint density at radius 3 is 2.75 bits per heavy atom. The first-order valence-electron chi connectivity index (χ1n) is 5.49. The molecule has 0 spiro atoms. The molecule has 5 N–H and O–H groups in total. The van der Waals surface area contributed by atoms with Crippen LogP contribution in [0.3, 0.4) is 0 Å². The van der Waals surface area contributed by atoms with Crippen LogP contribution in [-0.2, 0) is 4.79 Å². The molecule has 1 rings (SSSR count). The van der Waals surface area contributed by atoms with Crippen molar-refractivity contribution in [3.63, 3.8) is 0 Å². The average molecular weight is 228 g/mol. The van der Waals surface area contributed by atoms with Crippen molar-refractivity contribution in [3.05, 3.63) is 0 Å². The minimum Gasteiger partial charge on any atom is -0.409 e. The van der Waals surface area contributed by atoms with Crippen LogP contribution >= 0.6 is 0 Å². The Morgan fingerprint density at radius 2 is 2.25 bits per heavy atom. The fraction of sp³-hybridized carbons (Fsp3) is 0.800. The number of carbonyl (C=O) groups is 1. The minimum absolute atomic E-state index is 0.0359. The Balaban J connectivity index is 2.15.